The van der Waals surface area contributed by atoms with Gasteiger partial charge >= 0.3 is 5.01 Å². The lowest BCUT2D eigenvalue weighted by Gasteiger charge is -2.07. The van der Waals surface area contributed by atoms with Crippen LogP contribution in [0.2, 0.25) is 0 Å². The maximum absolute atomic E-state index is 6.31. The van der Waals surface area contributed by atoms with E-state index in [1.165, 1.54) is 21.7 Å². The molecule has 4 heteroatoms. The van der Waals surface area contributed by atoms with Crippen molar-refractivity contribution in [2.45, 2.75) is 6.92 Å². The Balaban J connectivity index is 1.84. The van der Waals surface area contributed by atoms with Crippen molar-refractivity contribution in [3.63, 3.8) is 0 Å². The SMILES string of the molecule is Cc1ccc2c(oc3ccccc32)c1-c1cccc(-c2scc[n+]2C)[n+]1C. The van der Waals surface area contributed by atoms with Crippen LogP contribution in [0.5, 0.6) is 0 Å². The number of hydrogen-bond acceptors (Lipinski definition) is 2. The normalized spacial score (nSPS) is 11.5. The minimum atomic E-state index is 0.933. The van der Waals surface area contributed by atoms with Crippen molar-refractivity contribution in [3.05, 3.63) is 71.7 Å². The van der Waals surface area contributed by atoms with E-state index in [9.17, 15) is 0 Å². The molecule has 0 unspecified atom stereocenters. The molecule has 3 heterocycles. The van der Waals surface area contributed by atoms with E-state index in [-0.39, 0.29) is 0 Å². The summed E-state index contributed by atoms with van der Waals surface area (Å²) in [6, 6.07) is 19.1. The number of nitrogens with zero attached hydrogens (tertiary/aromatic N) is 2. The molecule has 3 aromatic heterocycles. The molecule has 0 spiro atoms. The van der Waals surface area contributed by atoms with Gasteiger partial charge in [-0.05, 0) is 24.6 Å². The molecule has 0 N–H and O–H groups in total. The number of aryl methyl sites for hydroxylation is 2. The quantitative estimate of drug-likeness (QED) is 0.402. The molecule has 0 fully saturated rings. The van der Waals surface area contributed by atoms with Crippen molar-refractivity contribution < 1.29 is 13.6 Å². The van der Waals surface area contributed by atoms with Crippen LogP contribution in [-0.4, -0.2) is 0 Å². The summed E-state index contributed by atoms with van der Waals surface area (Å²) >= 11 is 1.75. The van der Waals surface area contributed by atoms with Crippen LogP contribution in [0.4, 0.5) is 0 Å². The van der Waals surface area contributed by atoms with Gasteiger partial charge in [0, 0.05) is 22.9 Å². The van der Waals surface area contributed by atoms with Crippen LogP contribution in [-0.2, 0) is 14.1 Å². The fraction of sp³-hybridized carbons (Fsp3) is 0.130. The van der Waals surface area contributed by atoms with Crippen LogP contribution in [0.25, 0.3) is 43.9 Å². The standard InChI is InChI=1S/C23H20N2OS/c1-15-11-12-17-16-7-4-5-10-20(16)26-22(17)21(15)18-8-6-9-19(25(18)3)23-24(2)13-14-27-23/h4-14H,1-3H3/q+2. The van der Waals surface area contributed by atoms with Crippen molar-refractivity contribution >= 4 is 33.3 Å². The van der Waals surface area contributed by atoms with E-state index in [0.29, 0.717) is 0 Å². The summed E-state index contributed by atoms with van der Waals surface area (Å²) in [5.41, 5.74) is 6.61. The second kappa shape index (κ2) is 6.03. The summed E-state index contributed by atoms with van der Waals surface area (Å²) in [7, 11) is 4.22. The Morgan fingerprint density at radius 2 is 1.67 bits per heavy atom. The van der Waals surface area contributed by atoms with E-state index in [4.69, 9.17) is 4.42 Å². The van der Waals surface area contributed by atoms with Gasteiger partial charge in [-0.3, -0.25) is 0 Å². The van der Waals surface area contributed by atoms with E-state index in [0.717, 1.165) is 27.8 Å². The summed E-state index contributed by atoms with van der Waals surface area (Å²) in [6.07, 6.45) is 2.10. The van der Waals surface area contributed by atoms with Crippen LogP contribution in [0.15, 0.2) is 70.6 Å². The van der Waals surface area contributed by atoms with Crippen molar-refractivity contribution in [1.82, 2.24) is 0 Å². The molecule has 0 atom stereocenters. The molecule has 3 nitrogen and oxygen atoms in total. The van der Waals surface area contributed by atoms with Crippen LogP contribution in [0.3, 0.4) is 0 Å². The number of thiazole rings is 1. The van der Waals surface area contributed by atoms with Gasteiger partial charge in [-0.15, -0.1) is 0 Å². The molecule has 27 heavy (non-hydrogen) atoms. The Bertz CT molecular complexity index is 1310. The molecular weight excluding hydrogens is 352 g/mol. The number of benzene rings is 2. The fourth-order valence-corrected chi connectivity index (χ4v) is 4.76. The van der Waals surface area contributed by atoms with Gasteiger partial charge in [-0.25, -0.2) is 0 Å². The van der Waals surface area contributed by atoms with E-state index in [1.54, 1.807) is 11.3 Å². The largest absolute Gasteiger partial charge is 0.455 e. The zero-order valence-electron chi connectivity index (χ0n) is 15.6. The fourth-order valence-electron chi connectivity index (χ4n) is 3.83. The lowest BCUT2D eigenvalue weighted by Crippen LogP contribution is -2.38. The topological polar surface area (TPSA) is 20.9 Å². The molecule has 0 saturated heterocycles. The maximum atomic E-state index is 6.31. The second-order valence-corrected chi connectivity index (χ2v) is 7.80. The monoisotopic (exact) mass is 372 g/mol. The van der Waals surface area contributed by atoms with Gasteiger partial charge in [0.1, 0.15) is 25.3 Å². The first kappa shape index (κ1) is 16.2. The molecule has 0 bridgehead atoms. The summed E-state index contributed by atoms with van der Waals surface area (Å²) in [4.78, 5) is 0. The molecule has 0 aliphatic rings. The van der Waals surface area contributed by atoms with Gasteiger partial charge < -0.3 is 4.42 Å². The zero-order valence-corrected chi connectivity index (χ0v) is 16.4. The van der Waals surface area contributed by atoms with E-state index < -0.39 is 0 Å². The number of fused-ring (bicyclic) bond motifs is 3. The molecule has 0 aliphatic heterocycles. The van der Waals surface area contributed by atoms with Crippen LogP contribution in [0, 0.1) is 6.92 Å². The minimum absolute atomic E-state index is 0.933. The molecule has 0 amide bonds. The van der Waals surface area contributed by atoms with Crippen LogP contribution < -0.4 is 9.13 Å². The predicted molar refractivity (Wildman–Crippen MR) is 110 cm³/mol. The Hall–Kier alpha value is -2.98. The highest BCUT2D eigenvalue weighted by Gasteiger charge is 2.26. The van der Waals surface area contributed by atoms with Crippen molar-refractivity contribution in [1.29, 1.82) is 0 Å². The molecule has 5 aromatic rings. The highest BCUT2D eigenvalue weighted by molar-refractivity contribution is 7.12. The highest BCUT2D eigenvalue weighted by Crippen LogP contribution is 2.37. The molecule has 132 valence electrons. The molecule has 0 saturated carbocycles. The number of hydrogen-bond donors (Lipinski definition) is 0. The highest BCUT2D eigenvalue weighted by atomic mass is 32.1. The molecule has 0 radical (unpaired) electrons. The van der Waals surface area contributed by atoms with Gasteiger partial charge in [0.15, 0.2) is 6.20 Å². The third-order valence-electron chi connectivity index (χ3n) is 5.25. The number of aromatic nitrogens is 2. The maximum Gasteiger partial charge on any atom is 0.334 e. The second-order valence-electron chi connectivity index (χ2n) is 6.91. The van der Waals surface area contributed by atoms with Crippen molar-refractivity contribution in [3.8, 4) is 22.0 Å². The number of para-hydroxylation sites is 1. The van der Waals surface area contributed by atoms with Gasteiger partial charge in [0.25, 0.3) is 5.69 Å². The van der Waals surface area contributed by atoms with E-state index in [2.05, 4.69) is 84.2 Å². The average Bonchev–Trinajstić information content (AvgIpc) is 3.26. The predicted octanol–water partition coefficient (Wildman–Crippen LogP) is 4.94. The number of furan rings is 1. The van der Waals surface area contributed by atoms with E-state index in [1.807, 2.05) is 12.1 Å². The third-order valence-corrected chi connectivity index (χ3v) is 6.22. The van der Waals surface area contributed by atoms with Crippen molar-refractivity contribution in [2.24, 2.45) is 14.1 Å². The lowest BCUT2D eigenvalue weighted by atomic mass is 10.0. The number of pyridine rings is 1. The Kier molecular flexibility index (Phi) is 3.62. The first-order valence-electron chi connectivity index (χ1n) is 8.99. The average molecular weight is 372 g/mol. The first-order valence-corrected chi connectivity index (χ1v) is 9.87. The summed E-state index contributed by atoms with van der Waals surface area (Å²) in [5, 5.41) is 5.68. The minimum Gasteiger partial charge on any atom is -0.455 e. The molecular formula is C23H20N2OS+2. The molecule has 5 rings (SSSR count). The summed E-state index contributed by atoms with van der Waals surface area (Å²) in [5.74, 6) is 0. The van der Waals surface area contributed by atoms with Gasteiger partial charge in [0.05, 0.1) is 10.9 Å². The van der Waals surface area contributed by atoms with Gasteiger partial charge in [-0.2, -0.15) is 9.13 Å². The van der Waals surface area contributed by atoms with Gasteiger partial charge in [0.2, 0.25) is 5.69 Å². The van der Waals surface area contributed by atoms with Crippen molar-refractivity contribution in [2.75, 3.05) is 0 Å². The van der Waals surface area contributed by atoms with Crippen LogP contribution in [0.1, 0.15) is 5.56 Å². The Morgan fingerprint density at radius 1 is 0.852 bits per heavy atom. The Labute approximate surface area is 161 Å². The lowest BCUT2D eigenvalue weighted by molar-refractivity contribution is -0.682. The molecule has 0 aliphatic carbocycles. The third kappa shape index (κ3) is 2.41. The smallest absolute Gasteiger partial charge is 0.334 e. The van der Waals surface area contributed by atoms with Gasteiger partial charge in [-0.1, -0.05) is 41.7 Å². The summed E-state index contributed by atoms with van der Waals surface area (Å²) < 4.78 is 10.7. The Morgan fingerprint density at radius 3 is 2.48 bits per heavy atom. The summed E-state index contributed by atoms with van der Waals surface area (Å²) in [6.45, 7) is 2.15. The van der Waals surface area contributed by atoms with Crippen LogP contribution >= 0.6 is 11.3 Å². The number of rotatable bonds is 2. The first-order chi connectivity index (χ1) is 13.1. The molecule has 2 aromatic carbocycles. The zero-order chi connectivity index (χ0) is 18.5. The van der Waals surface area contributed by atoms with E-state index >= 15 is 0 Å².